The van der Waals surface area contributed by atoms with Gasteiger partial charge in [0.2, 0.25) is 0 Å². The van der Waals surface area contributed by atoms with Gasteiger partial charge in [-0.15, -0.1) is 0 Å². The number of rotatable bonds is 4. The molecule has 1 fully saturated rings. The minimum absolute atomic E-state index is 0.178. The fourth-order valence-corrected chi connectivity index (χ4v) is 3.44. The van der Waals surface area contributed by atoms with Gasteiger partial charge in [-0.05, 0) is 30.3 Å². The third-order valence-corrected chi connectivity index (χ3v) is 4.88. The zero-order valence-electron chi connectivity index (χ0n) is 15.3. The normalized spacial score (nSPS) is 18.8. The molecule has 5 heterocycles. The molecule has 0 saturated carbocycles. The van der Waals surface area contributed by atoms with Gasteiger partial charge in [-0.2, -0.15) is 5.10 Å². The summed E-state index contributed by atoms with van der Waals surface area (Å²) >= 11 is 0. The summed E-state index contributed by atoms with van der Waals surface area (Å²) in [5.41, 5.74) is 1.95. The molecule has 9 heteroatoms. The largest absolute Gasteiger partial charge is 0.377 e. The molecule has 5 rings (SSSR count). The van der Waals surface area contributed by atoms with Crippen LogP contribution in [0.1, 0.15) is 6.04 Å². The zero-order chi connectivity index (χ0) is 19.6. The standard InChI is InChI=1S/C20H17N7O2/c28-18-6-5-15(13-3-1-7-21-9-13)26-27(18)17-11-29-10-16(17)25-20-14-4-2-8-22-19(14)23-12-24-20/h1-9,12,16-17H,10-11H2,(H,22,23,24,25). The van der Waals surface area contributed by atoms with Crippen molar-refractivity contribution in [3.63, 3.8) is 0 Å². The summed E-state index contributed by atoms with van der Waals surface area (Å²) < 4.78 is 7.16. The predicted molar refractivity (Wildman–Crippen MR) is 106 cm³/mol. The lowest BCUT2D eigenvalue weighted by molar-refractivity contribution is 0.183. The number of aromatic nitrogens is 6. The molecule has 0 radical (unpaired) electrons. The first-order chi connectivity index (χ1) is 14.3. The second kappa shape index (κ2) is 7.36. The van der Waals surface area contributed by atoms with Gasteiger partial charge in [0.15, 0.2) is 5.65 Å². The minimum Gasteiger partial charge on any atom is -0.377 e. The minimum atomic E-state index is -0.277. The van der Waals surface area contributed by atoms with Gasteiger partial charge in [0.1, 0.15) is 18.2 Å². The van der Waals surface area contributed by atoms with Crippen LogP contribution in [0.3, 0.4) is 0 Å². The fourth-order valence-electron chi connectivity index (χ4n) is 3.44. The van der Waals surface area contributed by atoms with E-state index in [0.29, 0.717) is 30.4 Å². The summed E-state index contributed by atoms with van der Waals surface area (Å²) in [6.45, 7) is 0.810. The Morgan fingerprint density at radius 1 is 1.03 bits per heavy atom. The summed E-state index contributed by atoms with van der Waals surface area (Å²) in [4.78, 5) is 29.5. The molecular formula is C20H17N7O2. The Bertz CT molecular complexity index is 1210. The lowest BCUT2D eigenvalue weighted by atomic mass is 10.1. The molecule has 1 aliphatic rings. The Labute approximate surface area is 165 Å². The molecule has 1 saturated heterocycles. The van der Waals surface area contributed by atoms with E-state index >= 15 is 0 Å². The molecule has 144 valence electrons. The highest BCUT2D eigenvalue weighted by Crippen LogP contribution is 2.25. The first kappa shape index (κ1) is 17.4. The van der Waals surface area contributed by atoms with E-state index in [1.54, 1.807) is 24.7 Å². The van der Waals surface area contributed by atoms with Crippen molar-refractivity contribution in [3.05, 3.63) is 71.7 Å². The monoisotopic (exact) mass is 387 g/mol. The maximum absolute atomic E-state index is 12.6. The highest BCUT2D eigenvalue weighted by Gasteiger charge is 2.32. The molecule has 2 atom stereocenters. The summed E-state index contributed by atoms with van der Waals surface area (Å²) in [5.74, 6) is 0.653. The molecule has 2 unspecified atom stereocenters. The molecule has 0 aliphatic carbocycles. The number of anilines is 1. The molecule has 0 aromatic carbocycles. The van der Waals surface area contributed by atoms with Gasteiger partial charge in [-0.25, -0.2) is 19.6 Å². The van der Waals surface area contributed by atoms with Crippen molar-refractivity contribution in [1.29, 1.82) is 0 Å². The smallest absolute Gasteiger partial charge is 0.267 e. The third kappa shape index (κ3) is 3.32. The molecule has 4 aromatic rings. The molecular weight excluding hydrogens is 370 g/mol. The first-order valence-corrected chi connectivity index (χ1v) is 9.20. The maximum Gasteiger partial charge on any atom is 0.267 e. The van der Waals surface area contributed by atoms with Crippen LogP contribution in [0.2, 0.25) is 0 Å². The van der Waals surface area contributed by atoms with Crippen LogP contribution in [-0.4, -0.2) is 49.0 Å². The van der Waals surface area contributed by atoms with Crippen molar-refractivity contribution in [2.45, 2.75) is 12.1 Å². The van der Waals surface area contributed by atoms with Gasteiger partial charge in [0.25, 0.3) is 5.56 Å². The summed E-state index contributed by atoms with van der Waals surface area (Å²) in [7, 11) is 0. The molecule has 4 aromatic heterocycles. The summed E-state index contributed by atoms with van der Waals surface area (Å²) in [6.07, 6.45) is 6.58. The van der Waals surface area contributed by atoms with Crippen LogP contribution in [-0.2, 0) is 4.74 Å². The first-order valence-electron chi connectivity index (χ1n) is 9.20. The van der Waals surface area contributed by atoms with Crippen molar-refractivity contribution in [2.24, 2.45) is 0 Å². The quantitative estimate of drug-likeness (QED) is 0.564. The third-order valence-electron chi connectivity index (χ3n) is 4.88. The second-order valence-electron chi connectivity index (χ2n) is 6.70. The molecule has 0 bridgehead atoms. The van der Waals surface area contributed by atoms with Crippen LogP contribution >= 0.6 is 0 Å². The number of ether oxygens (including phenoxy) is 1. The number of hydrogen-bond acceptors (Lipinski definition) is 8. The SMILES string of the molecule is O=c1ccc(-c2cccnc2)nn1C1COCC1Nc1ncnc2ncccc12. The van der Waals surface area contributed by atoms with Crippen molar-refractivity contribution in [1.82, 2.24) is 29.7 Å². The lowest BCUT2D eigenvalue weighted by Gasteiger charge is -2.21. The van der Waals surface area contributed by atoms with Crippen LogP contribution in [0.25, 0.3) is 22.3 Å². The highest BCUT2D eigenvalue weighted by atomic mass is 16.5. The Balaban J connectivity index is 1.49. The van der Waals surface area contributed by atoms with Gasteiger partial charge in [0.05, 0.1) is 30.3 Å². The van der Waals surface area contributed by atoms with Crippen molar-refractivity contribution >= 4 is 16.9 Å². The van der Waals surface area contributed by atoms with Gasteiger partial charge in [-0.1, -0.05) is 0 Å². The van der Waals surface area contributed by atoms with Crippen molar-refractivity contribution in [2.75, 3.05) is 18.5 Å². The highest BCUT2D eigenvalue weighted by molar-refractivity contribution is 5.85. The van der Waals surface area contributed by atoms with Crippen molar-refractivity contribution in [3.8, 4) is 11.3 Å². The molecule has 29 heavy (non-hydrogen) atoms. The van der Waals surface area contributed by atoms with Crippen LogP contribution < -0.4 is 10.9 Å². The van der Waals surface area contributed by atoms with Gasteiger partial charge in [0, 0.05) is 30.2 Å². The van der Waals surface area contributed by atoms with E-state index in [0.717, 1.165) is 10.9 Å². The van der Waals surface area contributed by atoms with Gasteiger partial charge >= 0.3 is 0 Å². The fraction of sp³-hybridized carbons (Fsp3) is 0.200. The van der Waals surface area contributed by atoms with E-state index in [2.05, 4.69) is 30.4 Å². The average molecular weight is 387 g/mol. The van der Waals surface area contributed by atoms with Crippen LogP contribution in [0, 0.1) is 0 Å². The van der Waals surface area contributed by atoms with E-state index in [1.165, 1.54) is 17.1 Å². The number of pyridine rings is 2. The van der Waals surface area contributed by atoms with Gasteiger partial charge in [-0.3, -0.25) is 9.78 Å². The van der Waals surface area contributed by atoms with Crippen LogP contribution in [0.5, 0.6) is 0 Å². The molecule has 1 N–H and O–H groups in total. The van der Waals surface area contributed by atoms with Crippen LogP contribution in [0.15, 0.2) is 66.1 Å². The average Bonchev–Trinajstić information content (AvgIpc) is 3.23. The molecule has 0 spiro atoms. The summed E-state index contributed by atoms with van der Waals surface area (Å²) in [5, 5.41) is 8.78. The number of nitrogens with zero attached hydrogens (tertiary/aromatic N) is 6. The topological polar surface area (TPSA) is 108 Å². The van der Waals surface area contributed by atoms with E-state index in [4.69, 9.17) is 4.74 Å². The number of nitrogens with one attached hydrogen (secondary N) is 1. The molecule has 9 nitrogen and oxygen atoms in total. The maximum atomic E-state index is 12.6. The van der Waals surface area contributed by atoms with E-state index < -0.39 is 0 Å². The van der Waals surface area contributed by atoms with E-state index in [1.807, 2.05) is 24.3 Å². The lowest BCUT2D eigenvalue weighted by Crippen LogP contribution is -2.37. The van der Waals surface area contributed by atoms with Gasteiger partial charge < -0.3 is 10.1 Å². The Morgan fingerprint density at radius 3 is 2.86 bits per heavy atom. The van der Waals surface area contributed by atoms with E-state index in [-0.39, 0.29) is 17.6 Å². The zero-order valence-corrected chi connectivity index (χ0v) is 15.3. The van der Waals surface area contributed by atoms with E-state index in [9.17, 15) is 4.79 Å². The molecule has 1 aliphatic heterocycles. The number of hydrogen-bond donors (Lipinski definition) is 1. The van der Waals surface area contributed by atoms with Crippen LogP contribution in [0.4, 0.5) is 5.82 Å². The Kier molecular flexibility index (Phi) is 4.41. The Morgan fingerprint density at radius 2 is 1.97 bits per heavy atom. The summed E-state index contributed by atoms with van der Waals surface area (Å²) in [6, 6.07) is 10.3. The number of fused-ring (bicyclic) bond motifs is 1. The van der Waals surface area contributed by atoms with Crippen molar-refractivity contribution < 1.29 is 4.74 Å². The Hall–Kier alpha value is -3.72. The predicted octanol–water partition coefficient (Wildman–Crippen LogP) is 1.70. The molecule has 0 amide bonds. The second-order valence-corrected chi connectivity index (χ2v) is 6.70.